The zero-order valence-corrected chi connectivity index (χ0v) is 20.0. The van der Waals surface area contributed by atoms with Gasteiger partial charge < -0.3 is 20.1 Å². The molecule has 172 valence electrons. The highest BCUT2D eigenvalue weighted by Crippen LogP contribution is 2.41. The van der Waals surface area contributed by atoms with E-state index >= 15 is 0 Å². The van der Waals surface area contributed by atoms with Gasteiger partial charge in [0.25, 0.3) is 0 Å². The topological polar surface area (TPSA) is 72.5 Å². The lowest BCUT2D eigenvalue weighted by Gasteiger charge is -2.18. The summed E-state index contributed by atoms with van der Waals surface area (Å²) >= 11 is 8.28. The number of benzene rings is 1. The van der Waals surface area contributed by atoms with Gasteiger partial charge in [-0.05, 0) is 64.4 Å². The summed E-state index contributed by atoms with van der Waals surface area (Å²) in [6, 6.07) is 10.6. The van der Waals surface area contributed by atoms with Crippen molar-refractivity contribution in [3.63, 3.8) is 0 Å². The summed E-state index contributed by atoms with van der Waals surface area (Å²) < 4.78 is 11.8. The standard InChI is InChI=1S/C25H26ClN3O3S/c1-31-24-16(12-27-13-17-5-8-23(30)28-17)11-21(26)25(29-24)32-22-7-6-19-18(3-2-4-20(19)22)15-9-10-33-14-15/h2-4,9-11,14,17,22,27H,5-8,12-13H2,1H3,(H,28,30)/t17?,22-/m0/s1. The fraction of sp³-hybridized carbons (Fsp3) is 0.360. The number of rotatable bonds is 8. The molecule has 1 aliphatic carbocycles. The second kappa shape index (κ2) is 9.71. The lowest BCUT2D eigenvalue weighted by atomic mass is 9.99. The molecule has 2 aliphatic rings. The maximum Gasteiger partial charge on any atom is 0.236 e. The van der Waals surface area contributed by atoms with Crippen LogP contribution < -0.4 is 20.1 Å². The normalized spacial score (nSPS) is 19.4. The molecule has 0 radical (unpaired) electrons. The monoisotopic (exact) mass is 483 g/mol. The Kier molecular flexibility index (Phi) is 6.53. The number of hydrogen-bond acceptors (Lipinski definition) is 6. The van der Waals surface area contributed by atoms with Crippen LogP contribution in [-0.4, -0.2) is 30.6 Å². The van der Waals surface area contributed by atoms with Crippen LogP contribution in [0.25, 0.3) is 11.1 Å². The first-order chi connectivity index (χ1) is 16.1. The number of carbonyl (C=O) groups excluding carboxylic acids is 1. The first-order valence-electron chi connectivity index (χ1n) is 11.2. The Morgan fingerprint density at radius 2 is 2.15 bits per heavy atom. The van der Waals surface area contributed by atoms with Crippen LogP contribution in [0.5, 0.6) is 11.8 Å². The van der Waals surface area contributed by atoms with Gasteiger partial charge in [0, 0.05) is 31.1 Å². The molecular formula is C25H26ClN3O3S. The van der Waals surface area contributed by atoms with E-state index in [0.29, 0.717) is 36.3 Å². The van der Waals surface area contributed by atoms with Gasteiger partial charge in [0.15, 0.2) is 0 Å². The second-order valence-electron chi connectivity index (χ2n) is 8.41. The van der Waals surface area contributed by atoms with Crippen LogP contribution in [-0.2, 0) is 17.8 Å². The number of nitrogens with zero attached hydrogens (tertiary/aromatic N) is 1. The molecular weight excluding hydrogens is 458 g/mol. The number of aromatic nitrogens is 1. The largest absolute Gasteiger partial charge is 0.481 e. The highest BCUT2D eigenvalue weighted by atomic mass is 35.5. The predicted octanol–water partition coefficient (Wildman–Crippen LogP) is 4.91. The van der Waals surface area contributed by atoms with Gasteiger partial charge in [-0.15, -0.1) is 0 Å². The number of halogens is 1. The van der Waals surface area contributed by atoms with E-state index in [9.17, 15) is 4.79 Å². The zero-order chi connectivity index (χ0) is 22.8. The fourth-order valence-electron chi connectivity index (χ4n) is 4.65. The van der Waals surface area contributed by atoms with Gasteiger partial charge in [-0.3, -0.25) is 4.79 Å². The molecule has 8 heteroatoms. The average molecular weight is 484 g/mol. The Morgan fingerprint density at radius 3 is 2.91 bits per heavy atom. The van der Waals surface area contributed by atoms with Crippen LogP contribution in [0.3, 0.4) is 0 Å². The lowest BCUT2D eigenvalue weighted by Crippen LogP contribution is -2.35. The smallest absolute Gasteiger partial charge is 0.236 e. The molecule has 1 unspecified atom stereocenters. The van der Waals surface area contributed by atoms with Gasteiger partial charge in [-0.25, -0.2) is 0 Å². The number of carbonyl (C=O) groups is 1. The van der Waals surface area contributed by atoms with E-state index in [1.165, 1.54) is 22.3 Å². The van der Waals surface area contributed by atoms with E-state index in [1.807, 2.05) is 6.07 Å². The molecule has 2 N–H and O–H groups in total. The van der Waals surface area contributed by atoms with E-state index in [-0.39, 0.29) is 18.1 Å². The third-order valence-electron chi connectivity index (χ3n) is 6.27. The summed E-state index contributed by atoms with van der Waals surface area (Å²) in [5.41, 5.74) is 5.91. The van der Waals surface area contributed by atoms with Crippen molar-refractivity contribution in [2.75, 3.05) is 13.7 Å². The van der Waals surface area contributed by atoms with Gasteiger partial charge in [0.2, 0.25) is 17.7 Å². The first kappa shape index (κ1) is 22.2. The van der Waals surface area contributed by atoms with Crippen LogP contribution in [0.2, 0.25) is 5.02 Å². The number of ether oxygens (including phenoxy) is 2. The SMILES string of the molecule is COc1nc(O[C@H]2CCc3c(-c4ccsc4)cccc32)c(Cl)cc1CNCC1CCC(=O)N1. The highest BCUT2D eigenvalue weighted by molar-refractivity contribution is 7.08. The minimum atomic E-state index is -0.0942. The van der Waals surface area contributed by atoms with Gasteiger partial charge in [-0.2, -0.15) is 16.3 Å². The summed E-state index contributed by atoms with van der Waals surface area (Å²) in [5, 5.41) is 11.1. The Bertz CT molecular complexity index is 1150. The molecule has 3 aromatic rings. The first-order valence-corrected chi connectivity index (χ1v) is 12.5. The Hall–Kier alpha value is -2.61. The molecule has 0 saturated carbocycles. The van der Waals surface area contributed by atoms with Crippen molar-refractivity contribution in [2.45, 2.75) is 44.4 Å². The molecule has 33 heavy (non-hydrogen) atoms. The van der Waals surface area contributed by atoms with Crippen molar-refractivity contribution in [3.8, 4) is 22.9 Å². The summed E-state index contributed by atoms with van der Waals surface area (Å²) in [5.74, 6) is 0.989. The Morgan fingerprint density at radius 1 is 1.24 bits per heavy atom. The summed E-state index contributed by atoms with van der Waals surface area (Å²) in [6.45, 7) is 1.23. The van der Waals surface area contributed by atoms with Gasteiger partial charge in [0.05, 0.1) is 7.11 Å². The summed E-state index contributed by atoms with van der Waals surface area (Å²) in [4.78, 5) is 15.9. The van der Waals surface area contributed by atoms with E-state index in [0.717, 1.165) is 24.8 Å². The molecule has 2 aromatic heterocycles. The molecule has 0 bridgehead atoms. The predicted molar refractivity (Wildman–Crippen MR) is 130 cm³/mol. The molecule has 1 aromatic carbocycles. The number of nitrogens with one attached hydrogen (secondary N) is 2. The van der Waals surface area contributed by atoms with Crippen LogP contribution in [0.15, 0.2) is 41.1 Å². The number of hydrogen-bond donors (Lipinski definition) is 2. The van der Waals surface area contributed by atoms with E-state index in [2.05, 4.69) is 50.6 Å². The van der Waals surface area contributed by atoms with Gasteiger partial charge in [0.1, 0.15) is 11.1 Å². The third-order valence-corrected chi connectivity index (χ3v) is 7.22. The van der Waals surface area contributed by atoms with Crippen LogP contribution in [0.1, 0.15) is 42.1 Å². The van der Waals surface area contributed by atoms with Crippen LogP contribution in [0, 0.1) is 0 Å². The highest BCUT2D eigenvalue weighted by Gasteiger charge is 2.28. The fourth-order valence-corrected chi connectivity index (χ4v) is 5.53. The summed E-state index contributed by atoms with van der Waals surface area (Å²) in [7, 11) is 1.60. The van der Waals surface area contributed by atoms with Crippen LogP contribution in [0.4, 0.5) is 0 Å². The minimum Gasteiger partial charge on any atom is -0.481 e. The van der Waals surface area contributed by atoms with E-state index in [1.54, 1.807) is 18.4 Å². The molecule has 0 spiro atoms. The van der Waals surface area contributed by atoms with Crippen molar-refractivity contribution >= 4 is 28.8 Å². The number of pyridine rings is 1. The van der Waals surface area contributed by atoms with Gasteiger partial charge in [-0.1, -0.05) is 29.8 Å². The quantitative estimate of drug-likeness (QED) is 0.476. The molecule has 5 rings (SSSR count). The number of thiophene rings is 1. The number of fused-ring (bicyclic) bond motifs is 1. The lowest BCUT2D eigenvalue weighted by molar-refractivity contribution is -0.119. The van der Waals surface area contributed by atoms with E-state index in [4.69, 9.17) is 21.1 Å². The maximum absolute atomic E-state index is 11.4. The van der Waals surface area contributed by atoms with Crippen molar-refractivity contribution in [1.29, 1.82) is 0 Å². The van der Waals surface area contributed by atoms with Crippen molar-refractivity contribution in [2.24, 2.45) is 0 Å². The van der Waals surface area contributed by atoms with Crippen molar-refractivity contribution < 1.29 is 14.3 Å². The van der Waals surface area contributed by atoms with Crippen molar-refractivity contribution in [3.05, 3.63) is 62.8 Å². The molecule has 3 heterocycles. The van der Waals surface area contributed by atoms with Gasteiger partial charge >= 0.3 is 0 Å². The summed E-state index contributed by atoms with van der Waals surface area (Å²) in [6.07, 6.45) is 3.19. The van der Waals surface area contributed by atoms with E-state index < -0.39 is 0 Å². The average Bonchev–Trinajstić information content (AvgIpc) is 3.57. The molecule has 6 nitrogen and oxygen atoms in total. The molecule has 2 atom stereocenters. The molecule has 1 saturated heterocycles. The maximum atomic E-state index is 11.4. The number of amides is 1. The number of methoxy groups -OCH3 is 1. The minimum absolute atomic E-state index is 0.0942. The zero-order valence-electron chi connectivity index (χ0n) is 18.4. The van der Waals surface area contributed by atoms with Crippen LogP contribution >= 0.6 is 22.9 Å². The Balaban J connectivity index is 1.30. The molecule has 1 amide bonds. The molecule has 1 aliphatic heterocycles. The van der Waals surface area contributed by atoms with Crippen molar-refractivity contribution in [1.82, 2.24) is 15.6 Å². The Labute approximate surface area is 202 Å². The second-order valence-corrected chi connectivity index (χ2v) is 9.60. The molecule has 1 fully saturated rings. The third kappa shape index (κ3) is 4.71.